The number of carbonyl (C=O) groups is 2. The highest BCUT2D eigenvalue weighted by molar-refractivity contribution is 7.20. The van der Waals surface area contributed by atoms with E-state index in [4.69, 9.17) is 0 Å². The monoisotopic (exact) mass is 315 g/mol. The van der Waals surface area contributed by atoms with E-state index in [-0.39, 0.29) is 17.7 Å². The van der Waals surface area contributed by atoms with Crippen LogP contribution in [0.3, 0.4) is 0 Å². The normalized spacial score (nSPS) is 26.5. The Balaban J connectivity index is 1.55. The largest absolute Gasteiger partial charge is 0.346 e. The smallest absolute Gasteiger partial charge is 0.270 e. The lowest BCUT2D eigenvalue weighted by Gasteiger charge is -2.22. The number of piperidine rings is 1. The molecule has 0 aliphatic carbocycles. The van der Waals surface area contributed by atoms with Crippen LogP contribution in [0.15, 0.2) is 18.3 Å². The molecule has 114 valence electrons. The van der Waals surface area contributed by atoms with Gasteiger partial charge in [-0.25, -0.2) is 0 Å². The van der Waals surface area contributed by atoms with Crippen LogP contribution in [0.2, 0.25) is 0 Å². The Morgan fingerprint density at radius 3 is 2.91 bits per heavy atom. The average molecular weight is 315 g/mol. The molecule has 2 aliphatic heterocycles. The van der Waals surface area contributed by atoms with Gasteiger partial charge in [0.05, 0.1) is 4.88 Å². The Hall–Kier alpha value is -1.79. The maximum absolute atomic E-state index is 12.4. The van der Waals surface area contributed by atoms with Crippen LogP contribution in [0.1, 0.15) is 33.5 Å². The van der Waals surface area contributed by atoms with Gasteiger partial charge in [-0.2, -0.15) is 0 Å². The third kappa shape index (κ3) is 2.32. The van der Waals surface area contributed by atoms with Crippen molar-refractivity contribution in [2.75, 3.05) is 19.6 Å². The van der Waals surface area contributed by atoms with Crippen LogP contribution >= 0.6 is 11.3 Å². The second kappa shape index (κ2) is 5.14. The first-order valence-electron chi connectivity index (χ1n) is 7.54. The molecule has 0 spiro atoms. The molecule has 3 unspecified atom stereocenters. The molecule has 1 N–H and O–H groups in total. The average Bonchev–Trinajstić information content (AvgIpc) is 3.20. The number of carbonyl (C=O) groups excluding carboxylic acids is 2. The summed E-state index contributed by atoms with van der Waals surface area (Å²) in [4.78, 5) is 31.2. The number of Topliss-reactive ketones (excluding diaryl/α,β-unsaturated/α-hetero) is 1. The van der Waals surface area contributed by atoms with Crippen LogP contribution in [0.25, 0.3) is 10.1 Å². The minimum atomic E-state index is -0.113. The highest BCUT2D eigenvalue weighted by Crippen LogP contribution is 2.28. The van der Waals surface area contributed by atoms with Crippen molar-refractivity contribution in [1.29, 1.82) is 0 Å². The van der Waals surface area contributed by atoms with Gasteiger partial charge in [-0.1, -0.05) is 0 Å². The number of pyridine rings is 1. The fourth-order valence-corrected chi connectivity index (χ4v) is 4.39. The van der Waals surface area contributed by atoms with Gasteiger partial charge in [-0.15, -0.1) is 11.3 Å². The summed E-state index contributed by atoms with van der Waals surface area (Å²) in [5.41, 5.74) is 0.433. The van der Waals surface area contributed by atoms with Crippen molar-refractivity contribution in [3.05, 3.63) is 28.9 Å². The molecule has 1 amide bonds. The quantitative estimate of drug-likeness (QED) is 0.879. The molecule has 5 nitrogen and oxygen atoms in total. The lowest BCUT2D eigenvalue weighted by atomic mass is 10.00. The van der Waals surface area contributed by atoms with E-state index < -0.39 is 0 Å². The zero-order valence-corrected chi connectivity index (χ0v) is 13.2. The van der Waals surface area contributed by atoms with E-state index in [1.54, 1.807) is 19.2 Å². The Kier molecular flexibility index (Phi) is 3.23. The number of nitrogens with one attached hydrogen (secondary N) is 1. The zero-order valence-electron chi connectivity index (χ0n) is 12.3. The fourth-order valence-electron chi connectivity index (χ4n) is 3.42. The fraction of sp³-hybridized carbons (Fsp3) is 0.438. The molecule has 22 heavy (non-hydrogen) atoms. The van der Waals surface area contributed by atoms with E-state index >= 15 is 0 Å². The summed E-state index contributed by atoms with van der Waals surface area (Å²) in [6, 6.07) is 3.87. The molecule has 2 aliphatic rings. The molecular weight excluding hydrogens is 298 g/mol. The number of fused-ring (bicyclic) bond motifs is 3. The third-order valence-corrected chi connectivity index (χ3v) is 5.83. The Bertz CT molecular complexity index is 770. The lowest BCUT2D eigenvalue weighted by Crippen LogP contribution is -2.43. The van der Waals surface area contributed by atoms with Crippen LogP contribution in [0.4, 0.5) is 0 Å². The lowest BCUT2D eigenvalue weighted by molar-refractivity contribution is 0.0919. The van der Waals surface area contributed by atoms with Crippen LogP contribution in [0.5, 0.6) is 0 Å². The van der Waals surface area contributed by atoms with E-state index in [0.29, 0.717) is 16.5 Å². The summed E-state index contributed by atoms with van der Waals surface area (Å²) >= 11 is 1.41. The first-order chi connectivity index (χ1) is 10.6. The van der Waals surface area contributed by atoms with Crippen molar-refractivity contribution in [1.82, 2.24) is 15.2 Å². The summed E-state index contributed by atoms with van der Waals surface area (Å²) in [5, 5.41) is 4.03. The predicted molar refractivity (Wildman–Crippen MR) is 85.4 cm³/mol. The van der Waals surface area contributed by atoms with Gasteiger partial charge < -0.3 is 10.2 Å². The van der Waals surface area contributed by atoms with Gasteiger partial charge in [0, 0.05) is 35.4 Å². The molecule has 0 aromatic carbocycles. The van der Waals surface area contributed by atoms with Crippen molar-refractivity contribution in [2.24, 2.45) is 5.92 Å². The molecule has 3 atom stereocenters. The molecule has 2 aromatic rings. The molecular formula is C16H17N3O2S. The minimum absolute atomic E-state index is 0.0447. The molecule has 6 heteroatoms. The number of nitrogens with zero attached hydrogens (tertiary/aromatic N) is 2. The van der Waals surface area contributed by atoms with Gasteiger partial charge in [0.25, 0.3) is 5.91 Å². The van der Waals surface area contributed by atoms with Gasteiger partial charge in [-0.05, 0) is 37.9 Å². The highest BCUT2D eigenvalue weighted by atomic mass is 32.1. The summed E-state index contributed by atoms with van der Waals surface area (Å²) in [6.45, 7) is 4.76. The Labute approximate surface area is 132 Å². The van der Waals surface area contributed by atoms with Crippen LogP contribution in [-0.2, 0) is 0 Å². The van der Waals surface area contributed by atoms with E-state index in [0.717, 1.165) is 29.7 Å². The zero-order chi connectivity index (χ0) is 15.3. The number of aromatic nitrogens is 1. The van der Waals surface area contributed by atoms with Gasteiger partial charge in [0.1, 0.15) is 5.69 Å². The summed E-state index contributed by atoms with van der Waals surface area (Å²) < 4.78 is 0.932. The summed E-state index contributed by atoms with van der Waals surface area (Å²) in [7, 11) is 0. The number of hydrogen-bond acceptors (Lipinski definition) is 5. The Morgan fingerprint density at radius 2 is 2.23 bits per heavy atom. The van der Waals surface area contributed by atoms with Crippen LogP contribution < -0.4 is 5.32 Å². The molecule has 0 radical (unpaired) electrons. The molecule has 4 rings (SSSR count). The van der Waals surface area contributed by atoms with Crippen molar-refractivity contribution < 1.29 is 9.59 Å². The van der Waals surface area contributed by atoms with Crippen LogP contribution in [-0.4, -0.2) is 47.3 Å². The molecule has 2 aromatic heterocycles. The topological polar surface area (TPSA) is 62.3 Å². The first kappa shape index (κ1) is 13.8. The van der Waals surface area contributed by atoms with E-state index in [1.165, 1.54) is 17.8 Å². The number of rotatable bonds is 3. The number of hydrogen-bond donors (Lipinski definition) is 1. The molecule has 2 fully saturated rings. The summed E-state index contributed by atoms with van der Waals surface area (Å²) in [5.74, 6) is 0.514. The van der Waals surface area contributed by atoms with Crippen LogP contribution in [0, 0.1) is 5.92 Å². The van der Waals surface area contributed by atoms with Gasteiger partial charge in [0.2, 0.25) is 0 Å². The van der Waals surface area contributed by atoms with Crippen molar-refractivity contribution in [3.63, 3.8) is 0 Å². The maximum atomic E-state index is 12.4. The number of ketones is 1. The van der Waals surface area contributed by atoms with Crippen molar-refractivity contribution >= 4 is 33.1 Å². The third-order valence-electron chi connectivity index (χ3n) is 4.63. The molecule has 0 saturated carbocycles. The maximum Gasteiger partial charge on any atom is 0.270 e. The minimum Gasteiger partial charge on any atom is -0.346 e. The number of thiophene rings is 1. The first-order valence-corrected chi connectivity index (χ1v) is 8.35. The SMILES string of the molecule is CC(=O)c1cc2cnc(C(=O)NC3CN4CCC3C4)cc2s1. The summed E-state index contributed by atoms with van der Waals surface area (Å²) in [6.07, 6.45) is 2.85. The predicted octanol–water partition coefficient (Wildman–Crippen LogP) is 1.93. The number of amides is 1. The standard InChI is InChI=1S/C16H17N3O2S/c1-9(20)14-4-11-6-17-12(5-15(11)22-14)16(21)18-13-8-19-3-2-10(13)7-19/h4-6,10,13H,2-3,7-8H2,1H3,(H,18,21). The highest BCUT2D eigenvalue weighted by Gasteiger charge is 2.38. The Morgan fingerprint density at radius 1 is 1.36 bits per heavy atom. The molecule has 2 saturated heterocycles. The molecule has 2 bridgehead atoms. The van der Waals surface area contributed by atoms with E-state index in [2.05, 4.69) is 15.2 Å². The van der Waals surface area contributed by atoms with E-state index in [9.17, 15) is 9.59 Å². The second-order valence-corrected chi connectivity index (χ2v) is 7.25. The van der Waals surface area contributed by atoms with E-state index in [1.807, 2.05) is 6.07 Å². The molecule has 4 heterocycles. The van der Waals surface area contributed by atoms with Gasteiger partial charge in [0.15, 0.2) is 5.78 Å². The van der Waals surface area contributed by atoms with Crippen molar-refractivity contribution in [3.8, 4) is 0 Å². The van der Waals surface area contributed by atoms with Gasteiger partial charge >= 0.3 is 0 Å². The van der Waals surface area contributed by atoms with Gasteiger partial charge in [-0.3, -0.25) is 14.6 Å². The second-order valence-electron chi connectivity index (χ2n) is 6.16. The van der Waals surface area contributed by atoms with Crippen molar-refractivity contribution in [2.45, 2.75) is 19.4 Å².